The standard InChI is InChI=1S/C19H25N3O2/c1-13-5-7-15(8-6-13)17-12-21-19(24-17)10-9-18(23)22-16-4-3-11-20-14(16)2/h5-8,12,14,16,20H,3-4,9-11H2,1-2H3,(H,22,23). The van der Waals surface area contributed by atoms with Crippen molar-refractivity contribution in [2.75, 3.05) is 6.54 Å². The molecule has 1 aromatic heterocycles. The molecule has 2 heterocycles. The number of benzene rings is 1. The van der Waals surface area contributed by atoms with Gasteiger partial charge in [-0.3, -0.25) is 4.79 Å². The maximum Gasteiger partial charge on any atom is 0.220 e. The summed E-state index contributed by atoms with van der Waals surface area (Å²) in [6.45, 7) is 5.20. The van der Waals surface area contributed by atoms with Crippen molar-refractivity contribution in [3.05, 3.63) is 41.9 Å². The van der Waals surface area contributed by atoms with E-state index in [1.54, 1.807) is 6.20 Å². The number of hydrogen-bond acceptors (Lipinski definition) is 4. The number of nitrogens with zero attached hydrogens (tertiary/aromatic N) is 1. The molecule has 5 heteroatoms. The Kier molecular flexibility index (Phi) is 5.30. The molecule has 1 aliphatic heterocycles. The van der Waals surface area contributed by atoms with Gasteiger partial charge in [0.05, 0.1) is 6.20 Å². The minimum absolute atomic E-state index is 0.0608. The molecule has 2 aromatic rings. The largest absolute Gasteiger partial charge is 0.441 e. The van der Waals surface area contributed by atoms with Crippen LogP contribution in [-0.4, -0.2) is 29.5 Å². The summed E-state index contributed by atoms with van der Waals surface area (Å²) in [6.07, 6.45) is 4.79. The van der Waals surface area contributed by atoms with Crippen LogP contribution in [0.1, 0.15) is 37.6 Å². The van der Waals surface area contributed by atoms with Crippen LogP contribution in [0.5, 0.6) is 0 Å². The molecule has 0 aliphatic carbocycles. The molecule has 2 atom stereocenters. The molecule has 0 radical (unpaired) electrons. The van der Waals surface area contributed by atoms with Crippen molar-refractivity contribution in [1.29, 1.82) is 0 Å². The van der Waals surface area contributed by atoms with E-state index < -0.39 is 0 Å². The predicted octanol–water partition coefficient (Wildman–Crippen LogP) is 2.84. The smallest absolute Gasteiger partial charge is 0.220 e. The number of nitrogens with one attached hydrogen (secondary N) is 2. The Hall–Kier alpha value is -2.14. The maximum atomic E-state index is 12.1. The van der Waals surface area contributed by atoms with Crippen molar-refractivity contribution in [3.63, 3.8) is 0 Å². The lowest BCUT2D eigenvalue weighted by molar-refractivity contribution is -0.122. The van der Waals surface area contributed by atoms with Crippen molar-refractivity contribution in [2.24, 2.45) is 0 Å². The van der Waals surface area contributed by atoms with Crippen molar-refractivity contribution < 1.29 is 9.21 Å². The van der Waals surface area contributed by atoms with Crippen LogP contribution in [0.2, 0.25) is 0 Å². The van der Waals surface area contributed by atoms with Crippen molar-refractivity contribution in [2.45, 2.75) is 51.6 Å². The molecule has 1 fully saturated rings. The van der Waals surface area contributed by atoms with Crippen LogP contribution in [0.25, 0.3) is 11.3 Å². The zero-order chi connectivity index (χ0) is 16.9. The average Bonchev–Trinajstić information content (AvgIpc) is 3.05. The van der Waals surface area contributed by atoms with Crippen molar-refractivity contribution in [1.82, 2.24) is 15.6 Å². The Bertz CT molecular complexity index is 678. The van der Waals surface area contributed by atoms with Crippen LogP contribution in [0, 0.1) is 6.92 Å². The molecule has 0 bridgehead atoms. The van der Waals surface area contributed by atoms with Gasteiger partial charge in [0, 0.05) is 30.5 Å². The molecule has 3 rings (SSSR count). The second-order valence-corrected chi connectivity index (χ2v) is 6.54. The highest BCUT2D eigenvalue weighted by Crippen LogP contribution is 2.21. The van der Waals surface area contributed by atoms with Crippen LogP contribution in [0.3, 0.4) is 0 Å². The van der Waals surface area contributed by atoms with Gasteiger partial charge >= 0.3 is 0 Å². The second kappa shape index (κ2) is 7.62. The number of oxazole rings is 1. The number of aryl methyl sites for hydroxylation is 2. The number of piperidine rings is 1. The number of amides is 1. The van der Waals surface area contributed by atoms with Gasteiger partial charge in [-0.1, -0.05) is 29.8 Å². The van der Waals surface area contributed by atoms with E-state index in [1.807, 2.05) is 24.3 Å². The normalized spacial score (nSPS) is 20.8. The quantitative estimate of drug-likeness (QED) is 0.886. The highest BCUT2D eigenvalue weighted by molar-refractivity contribution is 5.76. The first-order valence-electron chi connectivity index (χ1n) is 8.66. The summed E-state index contributed by atoms with van der Waals surface area (Å²) >= 11 is 0. The minimum Gasteiger partial charge on any atom is -0.441 e. The first-order valence-corrected chi connectivity index (χ1v) is 8.66. The molecular weight excluding hydrogens is 302 g/mol. The fraction of sp³-hybridized carbons (Fsp3) is 0.474. The SMILES string of the molecule is Cc1ccc(-c2cnc(CCC(=O)NC3CCCNC3C)o2)cc1. The van der Waals surface area contributed by atoms with Gasteiger partial charge in [-0.25, -0.2) is 4.98 Å². The van der Waals surface area contributed by atoms with Crippen LogP contribution in [-0.2, 0) is 11.2 Å². The molecule has 5 nitrogen and oxygen atoms in total. The van der Waals surface area contributed by atoms with E-state index in [0.29, 0.717) is 24.8 Å². The molecule has 2 N–H and O–H groups in total. The predicted molar refractivity (Wildman–Crippen MR) is 93.6 cm³/mol. The van der Waals surface area contributed by atoms with Gasteiger partial charge in [0.1, 0.15) is 0 Å². The molecule has 1 aliphatic rings. The molecular formula is C19H25N3O2. The third-order valence-electron chi connectivity index (χ3n) is 4.56. The first-order chi connectivity index (χ1) is 11.6. The van der Waals surface area contributed by atoms with Crippen LogP contribution in [0.4, 0.5) is 0 Å². The number of carbonyl (C=O) groups excluding carboxylic acids is 1. The van der Waals surface area contributed by atoms with Gasteiger partial charge in [0.2, 0.25) is 5.91 Å². The summed E-state index contributed by atoms with van der Waals surface area (Å²) in [4.78, 5) is 16.4. The number of carbonyl (C=O) groups is 1. The minimum atomic E-state index is 0.0608. The van der Waals surface area contributed by atoms with E-state index in [9.17, 15) is 4.79 Å². The van der Waals surface area contributed by atoms with E-state index in [2.05, 4.69) is 29.5 Å². The summed E-state index contributed by atoms with van der Waals surface area (Å²) in [5.74, 6) is 1.41. The molecule has 128 valence electrons. The fourth-order valence-corrected chi connectivity index (χ4v) is 3.02. The van der Waals surface area contributed by atoms with Crippen LogP contribution < -0.4 is 10.6 Å². The van der Waals surface area contributed by atoms with Crippen molar-refractivity contribution >= 4 is 5.91 Å². The molecule has 1 saturated heterocycles. The third-order valence-corrected chi connectivity index (χ3v) is 4.56. The van der Waals surface area contributed by atoms with Crippen molar-refractivity contribution in [3.8, 4) is 11.3 Å². The number of rotatable bonds is 5. The Morgan fingerprint density at radius 2 is 2.17 bits per heavy atom. The molecule has 1 amide bonds. The van der Waals surface area contributed by atoms with Gasteiger partial charge < -0.3 is 15.1 Å². The third kappa shape index (κ3) is 4.23. The zero-order valence-electron chi connectivity index (χ0n) is 14.3. The Balaban J connectivity index is 1.51. The molecule has 0 spiro atoms. The summed E-state index contributed by atoms with van der Waals surface area (Å²) in [7, 11) is 0. The highest BCUT2D eigenvalue weighted by Gasteiger charge is 2.22. The van der Waals surface area contributed by atoms with Gasteiger partial charge in [-0.15, -0.1) is 0 Å². The lowest BCUT2D eigenvalue weighted by Gasteiger charge is -2.30. The maximum absolute atomic E-state index is 12.1. The van der Waals surface area contributed by atoms with Crippen LogP contribution >= 0.6 is 0 Å². The number of hydrogen-bond donors (Lipinski definition) is 2. The summed E-state index contributed by atoms with van der Waals surface area (Å²) in [5, 5.41) is 6.50. The number of aromatic nitrogens is 1. The van der Waals surface area contributed by atoms with E-state index in [4.69, 9.17) is 4.42 Å². The lowest BCUT2D eigenvalue weighted by atomic mass is 10.00. The second-order valence-electron chi connectivity index (χ2n) is 6.54. The topological polar surface area (TPSA) is 67.2 Å². The summed E-state index contributed by atoms with van der Waals surface area (Å²) in [6, 6.07) is 8.68. The average molecular weight is 327 g/mol. The van der Waals surface area contributed by atoms with Gasteiger partial charge in [0.25, 0.3) is 0 Å². The lowest BCUT2D eigenvalue weighted by Crippen LogP contribution is -2.51. The monoisotopic (exact) mass is 327 g/mol. The first kappa shape index (κ1) is 16.7. The van der Waals surface area contributed by atoms with E-state index >= 15 is 0 Å². The Labute approximate surface area is 142 Å². The summed E-state index contributed by atoms with van der Waals surface area (Å²) < 4.78 is 5.77. The molecule has 0 saturated carbocycles. The van der Waals surface area contributed by atoms with E-state index in [0.717, 1.165) is 30.7 Å². The Morgan fingerprint density at radius 1 is 1.38 bits per heavy atom. The van der Waals surface area contributed by atoms with Gasteiger partial charge in [0.15, 0.2) is 11.7 Å². The van der Waals surface area contributed by atoms with Gasteiger partial charge in [-0.2, -0.15) is 0 Å². The highest BCUT2D eigenvalue weighted by atomic mass is 16.4. The van der Waals surface area contributed by atoms with Crippen LogP contribution in [0.15, 0.2) is 34.9 Å². The Morgan fingerprint density at radius 3 is 2.92 bits per heavy atom. The zero-order valence-corrected chi connectivity index (χ0v) is 14.3. The molecule has 2 unspecified atom stereocenters. The molecule has 1 aromatic carbocycles. The van der Waals surface area contributed by atoms with E-state index in [-0.39, 0.29) is 11.9 Å². The van der Waals surface area contributed by atoms with Gasteiger partial charge in [-0.05, 0) is 33.2 Å². The molecule has 24 heavy (non-hydrogen) atoms. The summed E-state index contributed by atoms with van der Waals surface area (Å²) in [5.41, 5.74) is 2.22. The van der Waals surface area contributed by atoms with E-state index in [1.165, 1.54) is 5.56 Å². The fourth-order valence-electron chi connectivity index (χ4n) is 3.02.